The van der Waals surface area contributed by atoms with E-state index in [4.69, 9.17) is 10.8 Å². The molecule has 92 valence electrons. The number of carboxylic acid groups (broad SMARTS) is 1. The van der Waals surface area contributed by atoms with Crippen molar-refractivity contribution in [2.75, 3.05) is 6.54 Å². The molecule has 0 heterocycles. The van der Waals surface area contributed by atoms with Gasteiger partial charge in [0.25, 0.3) is 0 Å². The number of nitrogens with one attached hydrogen (secondary N) is 1. The normalized spacial score (nSPS) is 19.2. The van der Waals surface area contributed by atoms with Crippen LogP contribution in [-0.2, 0) is 9.59 Å². The summed E-state index contributed by atoms with van der Waals surface area (Å²) in [6.07, 6.45) is 1.90. The molecular formula is C11H20N2O3. The van der Waals surface area contributed by atoms with E-state index in [1.54, 1.807) is 0 Å². The van der Waals surface area contributed by atoms with Crippen LogP contribution in [0.1, 0.15) is 33.1 Å². The number of nitrogens with two attached hydrogens (primary N) is 1. The first-order valence-corrected chi connectivity index (χ1v) is 5.64. The topological polar surface area (TPSA) is 92.4 Å². The standard InChI is InChI=1S/C11H20N2O3/c1-7(2)5-8(12)9(14)13-6-11(3-4-11)10(15)16/h7-8H,3-6,12H2,1-2H3,(H,13,14)(H,15,16)/t8-/m0/s1. The van der Waals surface area contributed by atoms with Crippen LogP contribution < -0.4 is 11.1 Å². The molecule has 4 N–H and O–H groups in total. The number of carbonyl (C=O) groups is 2. The van der Waals surface area contributed by atoms with Crippen molar-refractivity contribution in [2.45, 2.75) is 39.2 Å². The minimum Gasteiger partial charge on any atom is -0.481 e. The zero-order chi connectivity index (χ0) is 12.3. The Balaban J connectivity index is 2.33. The number of hydrogen-bond donors (Lipinski definition) is 3. The largest absolute Gasteiger partial charge is 0.481 e. The van der Waals surface area contributed by atoms with Gasteiger partial charge >= 0.3 is 5.97 Å². The Morgan fingerprint density at radius 2 is 2.00 bits per heavy atom. The first-order valence-electron chi connectivity index (χ1n) is 5.64. The summed E-state index contributed by atoms with van der Waals surface area (Å²) in [5, 5.41) is 11.5. The lowest BCUT2D eigenvalue weighted by Gasteiger charge is -2.16. The Bertz CT molecular complexity index is 285. The summed E-state index contributed by atoms with van der Waals surface area (Å²) in [4.78, 5) is 22.4. The van der Waals surface area contributed by atoms with Gasteiger partial charge in [-0.15, -0.1) is 0 Å². The van der Waals surface area contributed by atoms with Crippen LogP contribution >= 0.6 is 0 Å². The van der Waals surface area contributed by atoms with Crippen LogP contribution in [0.5, 0.6) is 0 Å². The highest BCUT2D eigenvalue weighted by atomic mass is 16.4. The summed E-state index contributed by atoms with van der Waals surface area (Å²) in [6.45, 7) is 4.19. The van der Waals surface area contributed by atoms with Crippen molar-refractivity contribution in [3.63, 3.8) is 0 Å². The second-order valence-electron chi connectivity index (χ2n) is 5.04. The third kappa shape index (κ3) is 3.20. The van der Waals surface area contributed by atoms with Crippen molar-refractivity contribution in [3.8, 4) is 0 Å². The highest BCUT2D eigenvalue weighted by molar-refractivity contribution is 5.83. The number of carbonyl (C=O) groups excluding carboxylic acids is 1. The summed E-state index contributed by atoms with van der Waals surface area (Å²) in [5.41, 5.74) is 4.97. The molecule has 0 aromatic carbocycles. The van der Waals surface area contributed by atoms with Gasteiger partial charge in [-0.3, -0.25) is 9.59 Å². The number of hydrogen-bond acceptors (Lipinski definition) is 3. The van der Waals surface area contributed by atoms with Crippen LogP contribution in [0.4, 0.5) is 0 Å². The molecule has 0 bridgehead atoms. The number of aliphatic carboxylic acids is 1. The van der Waals surface area contributed by atoms with Crippen molar-refractivity contribution in [2.24, 2.45) is 17.1 Å². The quantitative estimate of drug-likeness (QED) is 0.611. The van der Waals surface area contributed by atoms with Crippen LogP contribution in [0.25, 0.3) is 0 Å². The summed E-state index contributed by atoms with van der Waals surface area (Å²) >= 11 is 0. The van der Waals surface area contributed by atoms with E-state index >= 15 is 0 Å². The molecule has 0 aromatic heterocycles. The Hall–Kier alpha value is -1.10. The van der Waals surface area contributed by atoms with Gasteiger partial charge in [0.1, 0.15) is 0 Å². The maximum atomic E-state index is 11.5. The van der Waals surface area contributed by atoms with Gasteiger partial charge < -0.3 is 16.2 Å². The fraction of sp³-hybridized carbons (Fsp3) is 0.818. The smallest absolute Gasteiger partial charge is 0.311 e. The first-order chi connectivity index (χ1) is 7.37. The Morgan fingerprint density at radius 3 is 2.38 bits per heavy atom. The van der Waals surface area contributed by atoms with E-state index in [-0.39, 0.29) is 12.5 Å². The molecule has 1 amide bonds. The summed E-state index contributed by atoms with van der Waals surface area (Å²) in [5.74, 6) is -0.721. The van der Waals surface area contributed by atoms with Crippen molar-refractivity contribution < 1.29 is 14.7 Å². The molecule has 5 nitrogen and oxygen atoms in total. The minimum atomic E-state index is -0.828. The van der Waals surface area contributed by atoms with Gasteiger partial charge in [-0.05, 0) is 25.2 Å². The van der Waals surface area contributed by atoms with E-state index in [0.717, 1.165) is 0 Å². The third-order valence-electron chi connectivity index (χ3n) is 2.97. The molecule has 1 aliphatic carbocycles. The molecule has 0 radical (unpaired) electrons. The van der Waals surface area contributed by atoms with E-state index < -0.39 is 17.4 Å². The van der Waals surface area contributed by atoms with Crippen molar-refractivity contribution in [1.82, 2.24) is 5.32 Å². The zero-order valence-corrected chi connectivity index (χ0v) is 9.82. The molecule has 5 heteroatoms. The molecule has 0 unspecified atom stereocenters. The van der Waals surface area contributed by atoms with Crippen LogP contribution in [-0.4, -0.2) is 29.6 Å². The van der Waals surface area contributed by atoms with Gasteiger partial charge in [0, 0.05) is 6.54 Å². The molecule has 1 fully saturated rings. The lowest BCUT2D eigenvalue weighted by atomic mass is 10.0. The molecular weight excluding hydrogens is 208 g/mol. The van der Waals surface area contributed by atoms with Gasteiger partial charge in [-0.1, -0.05) is 13.8 Å². The van der Waals surface area contributed by atoms with Gasteiger partial charge in [-0.25, -0.2) is 0 Å². The maximum Gasteiger partial charge on any atom is 0.311 e. The lowest BCUT2D eigenvalue weighted by molar-refractivity contribution is -0.143. The molecule has 1 rings (SSSR count). The second kappa shape index (κ2) is 4.82. The number of amides is 1. The van der Waals surface area contributed by atoms with E-state index in [1.807, 2.05) is 13.8 Å². The zero-order valence-electron chi connectivity index (χ0n) is 9.82. The molecule has 0 aromatic rings. The minimum absolute atomic E-state index is 0.201. The monoisotopic (exact) mass is 228 g/mol. The SMILES string of the molecule is CC(C)C[C@H](N)C(=O)NCC1(C(=O)O)CC1. The molecule has 0 aliphatic heterocycles. The van der Waals surface area contributed by atoms with E-state index in [0.29, 0.717) is 25.2 Å². The van der Waals surface area contributed by atoms with Gasteiger partial charge in [-0.2, -0.15) is 0 Å². The molecule has 1 saturated carbocycles. The fourth-order valence-corrected chi connectivity index (χ4v) is 1.62. The fourth-order valence-electron chi connectivity index (χ4n) is 1.62. The van der Waals surface area contributed by atoms with Crippen LogP contribution in [0.15, 0.2) is 0 Å². The Labute approximate surface area is 95.4 Å². The summed E-state index contributed by atoms with van der Waals surface area (Å²) in [6, 6.07) is -0.537. The first kappa shape index (κ1) is 13.0. The van der Waals surface area contributed by atoms with Gasteiger partial charge in [0.2, 0.25) is 5.91 Å². The predicted octanol–water partition coefficient (Wildman–Crippen LogP) is 0.341. The maximum absolute atomic E-state index is 11.5. The van der Waals surface area contributed by atoms with Crippen molar-refractivity contribution in [1.29, 1.82) is 0 Å². The van der Waals surface area contributed by atoms with Crippen molar-refractivity contribution >= 4 is 11.9 Å². The molecule has 1 aliphatic rings. The molecule has 1 atom stereocenters. The molecule has 0 saturated heterocycles. The van der Waals surface area contributed by atoms with E-state index in [9.17, 15) is 9.59 Å². The van der Waals surface area contributed by atoms with Crippen LogP contribution in [0.3, 0.4) is 0 Å². The lowest BCUT2D eigenvalue weighted by Crippen LogP contribution is -2.44. The third-order valence-corrected chi connectivity index (χ3v) is 2.97. The van der Waals surface area contributed by atoms with Gasteiger partial charge in [0.05, 0.1) is 11.5 Å². The average Bonchev–Trinajstić information content (AvgIpc) is 2.93. The Morgan fingerprint density at radius 1 is 1.44 bits per heavy atom. The van der Waals surface area contributed by atoms with E-state index in [2.05, 4.69) is 5.32 Å². The average molecular weight is 228 g/mol. The Kier molecular flexibility index (Phi) is 3.91. The second-order valence-corrected chi connectivity index (χ2v) is 5.04. The molecule has 0 spiro atoms. The molecule has 16 heavy (non-hydrogen) atoms. The highest BCUT2D eigenvalue weighted by Gasteiger charge is 2.50. The van der Waals surface area contributed by atoms with Crippen LogP contribution in [0.2, 0.25) is 0 Å². The highest BCUT2D eigenvalue weighted by Crippen LogP contribution is 2.45. The number of rotatable bonds is 6. The summed E-state index contributed by atoms with van der Waals surface area (Å²) < 4.78 is 0. The number of carboxylic acids is 1. The van der Waals surface area contributed by atoms with Gasteiger partial charge in [0.15, 0.2) is 0 Å². The van der Waals surface area contributed by atoms with Crippen LogP contribution in [0, 0.1) is 11.3 Å². The van der Waals surface area contributed by atoms with Crippen molar-refractivity contribution in [3.05, 3.63) is 0 Å². The van der Waals surface area contributed by atoms with E-state index in [1.165, 1.54) is 0 Å². The predicted molar refractivity (Wildman–Crippen MR) is 59.7 cm³/mol. The summed E-state index contributed by atoms with van der Waals surface area (Å²) in [7, 11) is 0.